The Balaban J connectivity index is 0.000000257. The van der Waals surface area contributed by atoms with Crippen LogP contribution in [0.3, 0.4) is 0 Å². The van der Waals surface area contributed by atoms with Gasteiger partial charge in [0, 0.05) is 34.3 Å². The average molecular weight is 659 g/mol. The summed E-state index contributed by atoms with van der Waals surface area (Å²) >= 11 is 5.93. The highest BCUT2D eigenvalue weighted by Crippen LogP contribution is 2.35. The van der Waals surface area contributed by atoms with Gasteiger partial charge < -0.3 is 30.0 Å². The summed E-state index contributed by atoms with van der Waals surface area (Å²) in [6.07, 6.45) is 2.94. The fourth-order valence-corrected chi connectivity index (χ4v) is 4.14. The van der Waals surface area contributed by atoms with Gasteiger partial charge in [-0.15, -0.1) is 0 Å². The van der Waals surface area contributed by atoms with Crippen molar-refractivity contribution in [3.63, 3.8) is 0 Å². The van der Waals surface area contributed by atoms with E-state index in [1.54, 1.807) is 40.6 Å². The topological polar surface area (TPSA) is 127 Å². The molecule has 0 saturated heterocycles. The Labute approximate surface area is 281 Å². The highest BCUT2D eigenvalue weighted by Gasteiger charge is 2.11. The number of halogens is 1. The number of fused-ring (bicyclic) bond motifs is 2. The lowest BCUT2D eigenvalue weighted by molar-refractivity contribution is 0.356. The van der Waals surface area contributed by atoms with E-state index >= 15 is 0 Å². The maximum absolute atomic E-state index is 5.93. The number of nitrogens with zero attached hydrogens (tertiary/aromatic N) is 4. The molecule has 11 heteroatoms. The fourth-order valence-electron chi connectivity index (χ4n) is 3.95. The summed E-state index contributed by atoms with van der Waals surface area (Å²) in [6.45, 7) is 8.00. The molecular weight excluding hydrogens is 616 g/mol. The summed E-state index contributed by atoms with van der Waals surface area (Å²) < 4.78 is 21.0. The van der Waals surface area contributed by atoms with Gasteiger partial charge in [-0.25, -0.2) is 19.9 Å². The predicted octanol–water partition coefficient (Wildman–Crippen LogP) is 9.01. The molecule has 0 bridgehead atoms. The van der Waals surface area contributed by atoms with Gasteiger partial charge in [-0.05, 0) is 36.4 Å². The molecule has 10 nitrogen and oxygen atoms in total. The lowest BCUT2D eigenvalue weighted by Crippen LogP contribution is -1.97. The number of nitrogens with one attached hydrogen (secondary N) is 1. The van der Waals surface area contributed by atoms with Crippen LogP contribution < -0.4 is 30.0 Å². The van der Waals surface area contributed by atoms with Gasteiger partial charge >= 0.3 is 0 Å². The van der Waals surface area contributed by atoms with Crippen LogP contribution in [0.4, 0.5) is 17.2 Å². The smallest absolute Gasteiger partial charge is 0.162 e. The zero-order valence-corrected chi connectivity index (χ0v) is 28.9. The summed E-state index contributed by atoms with van der Waals surface area (Å²) in [5, 5.41) is 5.31. The van der Waals surface area contributed by atoms with Crippen molar-refractivity contribution in [2.24, 2.45) is 0 Å². The number of rotatable bonds is 6. The van der Waals surface area contributed by atoms with E-state index in [4.69, 9.17) is 36.3 Å². The Morgan fingerprint density at radius 2 is 0.979 bits per heavy atom. The first-order chi connectivity index (χ1) is 23.0. The van der Waals surface area contributed by atoms with E-state index in [0.717, 1.165) is 39.0 Å². The van der Waals surface area contributed by atoms with Gasteiger partial charge in [-0.3, -0.25) is 0 Å². The van der Waals surface area contributed by atoms with E-state index in [2.05, 4.69) is 25.3 Å². The minimum absolute atomic E-state index is 0.404. The third kappa shape index (κ3) is 10.9. The van der Waals surface area contributed by atoms with Crippen LogP contribution in [0, 0.1) is 0 Å². The Kier molecular flexibility index (Phi) is 16.6. The second-order valence-electron chi connectivity index (χ2n) is 8.74. The SMILES string of the molecule is CC.CC.COc1cc2ncnc(Cl)c2cc1OC.COc1cc2ncnc(Nc3ccccc3)c2cc1OC.Nc1ccccc1. The maximum Gasteiger partial charge on any atom is 0.162 e. The Hall–Kier alpha value is -5.35. The minimum atomic E-state index is 0.404. The first kappa shape index (κ1) is 37.8. The molecule has 0 saturated carbocycles. The Morgan fingerprint density at radius 1 is 0.553 bits per heavy atom. The Bertz CT molecular complexity index is 1780. The number of para-hydroxylation sites is 2. The lowest BCUT2D eigenvalue weighted by Gasteiger charge is -2.12. The molecule has 0 spiro atoms. The molecule has 248 valence electrons. The van der Waals surface area contributed by atoms with E-state index < -0.39 is 0 Å². The first-order valence-electron chi connectivity index (χ1n) is 15.0. The number of methoxy groups -OCH3 is 4. The van der Waals surface area contributed by atoms with Crippen molar-refractivity contribution >= 4 is 50.6 Å². The molecule has 0 atom stereocenters. The van der Waals surface area contributed by atoms with Crippen LogP contribution in [0.5, 0.6) is 23.0 Å². The molecule has 0 aliphatic heterocycles. The molecule has 6 rings (SSSR count). The van der Waals surface area contributed by atoms with Crippen LogP contribution >= 0.6 is 11.6 Å². The van der Waals surface area contributed by atoms with Gasteiger partial charge in [0.1, 0.15) is 23.6 Å². The molecule has 0 unspecified atom stereocenters. The van der Waals surface area contributed by atoms with Crippen molar-refractivity contribution in [3.8, 4) is 23.0 Å². The molecule has 0 aliphatic carbocycles. The van der Waals surface area contributed by atoms with Crippen LogP contribution in [0.25, 0.3) is 21.8 Å². The van der Waals surface area contributed by atoms with E-state index in [-0.39, 0.29) is 0 Å². The third-order valence-electron chi connectivity index (χ3n) is 6.07. The molecule has 2 heterocycles. The van der Waals surface area contributed by atoms with Crippen molar-refractivity contribution in [1.29, 1.82) is 0 Å². The standard InChI is InChI=1S/C16H15N3O2.C10H9ClN2O2.C6H7N.2C2H6/c1-20-14-8-12-13(9-15(14)21-2)17-10-18-16(12)19-11-6-4-3-5-7-11;1-14-8-3-6-7(4-9(8)15-2)12-5-13-10(6)11;7-6-4-2-1-3-5-6;2*1-2/h3-10H,1-2H3,(H,17,18,19);3-5H,1-2H3;1-5H,7H2;2*1-2H3. The predicted molar refractivity (Wildman–Crippen MR) is 194 cm³/mol. The molecular formula is C36H43ClN6O4. The monoisotopic (exact) mass is 658 g/mol. The molecule has 6 aromatic rings. The minimum Gasteiger partial charge on any atom is -0.493 e. The molecule has 2 aromatic heterocycles. The number of ether oxygens (including phenoxy) is 4. The van der Waals surface area contributed by atoms with Crippen molar-refractivity contribution in [3.05, 3.63) is 103 Å². The number of nitrogens with two attached hydrogens (primary N) is 1. The summed E-state index contributed by atoms with van der Waals surface area (Å²) in [4.78, 5) is 16.6. The zero-order valence-electron chi connectivity index (χ0n) is 28.1. The highest BCUT2D eigenvalue weighted by molar-refractivity contribution is 6.34. The quantitative estimate of drug-likeness (QED) is 0.132. The molecule has 0 aliphatic rings. The van der Waals surface area contributed by atoms with Gasteiger partial charge in [0.15, 0.2) is 23.0 Å². The fraction of sp³-hybridized carbons (Fsp3) is 0.222. The number of nitrogen functional groups attached to an aromatic ring is 1. The number of aromatic nitrogens is 4. The summed E-state index contributed by atoms with van der Waals surface area (Å²) in [7, 11) is 6.36. The van der Waals surface area contributed by atoms with Gasteiger partial charge in [-0.2, -0.15) is 0 Å². The van der Waals surface area contributed by atoms with Gasteiger partial charge in [0.05, 0.1) is 39.5 Å². The van der Waals surface area contributed by atoms with Crippen LogP contribution in [-0.4, -0.2) is 48.4 Å². The van der Waals surface area contributed by atoms with Crippen LogP contribution in [0.2, 0.25) is 5.15 Å². The molecule has 3 N–H and O–H groups in total. The van der Waals surface area contributed by atoms with Gasteiger partial charge in [0.2, 0.25) is 0 Å². The highest BCUT2D eigenvalue weighted by atomic mass is 35.5. The van der Waals surface area contributed by atoms with Crippen LogP contribution in [0.1, 0.15) is 27.7 Å². The zero-order chi connectivity index (χ0) is 34.6. The van der Waals surface area contributed by atoms with Crippen molar-refractivity contribution < 1.29 is 18.9 Å². The second kappa shape index (κ2) is 20.6. The number of hydrogen-bond acceptors (Lipinski definition) is 10. The normalized spacial score (nSPS) is 9.47. The molecule has 0 amide bonds. The van der Waals surface area contributed by atoms with Crippen molar-refractivity contribution in [1.82, 2.24) is 19.9 Å². The largest absolute Gasteiger partial charge is 0.493 e. The number of benzene rings is 4. The van der Waals surface area contributed by atoms with Crippen LogP contribution in [-0.2, 0) is 0 Å². The molecule has 4 aromatic carbocycles. The lowest BCUT2D eigenvalue weighted by atomic mass is 10.2. The van der Waals surface area contributed by atoms with E-state index in [1.807, 2.05) is 100 Å². The number of anilines is 3. The van der Waals surface area contributed by atoms with Crippen LogP contribution in [0.15, 0.2) is 97.6 Å². The third-order valence-corrected chi connectivity index (χ3v) is 6.37. The van der Waals surface area contributed by atoms with E-state index in [9.17, 15) is 0 Å². The summed E-state index contributed by atoms with van der Waals surface area (Å²) in [6, 6.07) is 26.6. The summed E-state index contributed by atoms with van der Waals surface area (Å²) in [5.74, 6) is 3.26. The Morgan fingerprint density at radius 3 is 1.45 bits per heavy atom. The maximum atomic E-state index is 5.93. The molecule has 0 fully saturated rings. The summed E-state index contributed by atoms with van der Waals surface area (Å²) in [5.41, 5.74) is 8.67. The average Bonchev–Trinajstić information content (AvgIpc) is 3.14. The van der Waals surface area contributed by atoms with E-state index in [0.29, 0.717) is 28.2 Å². The van der Waals surface area contributed by atoms with Gasteiger partial charge in [-0.1, -0.05) is 75.7 Å². The van der Waals surface area contributed by atoms with Gasteiger partial charge in [0.25, 0.3) is 0 Å². The molecule has 47 heavy (non-hydrogen) atoms. The van der Waals surface area contributed by atoms with Crippen molar-refractivity contribution in [2.45, 2.75) is 27.7 Å². The second-order valence-corrected chi connectivity index (χ2v) is 9.10. The molecule has 0 radical (unpaired) electrons. The number of hydrogen-bond donors (Lipinski definition) is 2. The first-order valence-corrected chi connectivity index (χ1v) is 15.4. The van der Waals surface area contributed by atoms with E-state index in [1.165, 1.54) is 12.7 Å². The van der Waals surface area contributed by atoms with Crippen molar-refractivity contribution in [2.75, 3.05) is 39.5 Å².